The van der Waals surface area contributed by atoms with Crippen LogP contribution in [0, 0.1) is 0 Å². The first kappa shape index (κ1) is 9.41. The molecule has 68 valence electrons. The normalized spacial score (nSPS) is 11.1. The zero-order chi connectivity index (χ0) is 9.68. The van der Waals surface area contributed by atoms with Crippen molar-refractivity contribution in [2.24, 2.45) is 0 Å². The van der Waals surface area contributed by atoms with Crippen LogP contribution in [0.15, 0.2) is 36.2 Å². The summed E-state index contributed by atoms with van der Waals surface area (Å²) in [4.78, 5) is 10.5. The predicted molar refractivity (Wildman–Crippen MR) is 45.5 cm³/mol. The van der Waals surface area contributed by atoms with Crippen molar-refractivity contribution in [3.05, 3.63) is 41.7 Å². The number of halogens is 1. The highest BCUT2D eigenvalue weighted by molar-refractivity contribution is 5.94. The second-order valence-electron chi connectivity index (χ2n) is 2.34. The predicted octanol–water partition coefficient (Wildman–Crippen LogP) is 1.50. The minimum Gasteiger partial charge on any atom is -0.288 e. The Bertz CT molecular complexity index is 322. The van der Waals surface area contributed by atoms with Crippen molar-refractivity contribution in [3.63, 3.8) is 0 Å². The molecular weight excluding hydrogens is 173 g/mol. The monoisotopic (exact) mass is 181 g/mol. The molecule has 4 heteroatoms. The van der Waals surface area contributed by atoms with Crippen molar-refractivity contribution in [2.75, 3.05) is 0 Å². The average molecular weight is 181 g/mol. The molecule has 0 atom stereocenters. The van der Waals surface area contributed by atoms with Gasteiger partial charge < -0.3 is 0 Å². The van der Waals surface area contributed by atoms with Crippen LogP contribution >= 0.6 is 0 Å². The van der Waals surface area contributed by atoms with Gasteiger partial charge in [0, 0.05) is 0 Å². The molecule has 0 heterocycles. The summed E-state index contributed by atoms with van der Waals surface area (Å²) in [6, 6.07) is 8.50. The summed E-state index contributed by atoms with van der Waals surface area (Å²) in [5.74, 6) is -2.18. The highest BCUT2D eigenvalue weighted by atomic mass is 19.1. The minimum atomic E-state index is -1.15. The van der Waals surface area contributed by atoms with Crippen molar-refractivity contribution in [2.45, 2.75) is 0 Å². The van der Waals surface area contributed by atoms with E-state index in [9.17, 15) is 9.18 Å². The van der Waals surface area contributed by atoms with Crippen LogP contribution in [0.1, 0.15) is 5.56 Å². The lowest BCUT2D eigenvalue weighted by atomic mass is 10.2. The van der Waals surface area contributed by atoms with Crippen molar-refractivity contribution in [1.29, 1.82) is 0 Å². The Morgan fingerprint density at radius 1 is 1.38 bits per heavy atom. The Morgan fingerprint density at radius 3 is 2.54 bits per heavy atom. The fraction of sp³-hybridized carbons (Fsp3) is 0. The summed E-state index contributed by atoms with van der Waals surface area (Å²) in [6.07, 6.45) is 1.03. The van der Waals surface area contributed by atoms with Gasteiger partial charge in [0.2, 0.25) is 0 Å². The lowest BCUT2D eigenvalue weighted by Gasteiger charge is -1.94. The van der Waals surface area contributed by atoms with E-state index >= 15 is 0 Å². The molecule has 0 saturated carbocycles. The molecule has 1 rings (SSSR count). The third kappa shape index (κ3) is 2.68. The number of nitrogens with one attached hydrogen (secondary N) is 1. The topological polar surface area (TPSA) is 49.3 Å². The third-order valence-electron chi connectivity index (χ3n) is 1.41. The van der Waals surface area contributed by atoms with Crippen LogP contribution < -0.4 is 5.48 Å². The van der Waals surface area contributed by atoms with Gasteiger partial charge in [-0.2, -0.15) is 0 Å². The highest BCUT2D eigenvalue weighted by Gasteiger charge is 2.05. The van der Waals surface area contributed by atoms with E-state index in [-0.39, 0.29) is 0 Å². The quantitative estimate of drug-likeness (QED) is 0.412. The van der Waals surface area contributed by atoms with Gasteiger partial charge in [0.15, 0.2) is 5.83 Å². The fourth-order valence-corrected chi connectivity index (χ4v) is 0.815. The zero-order valence-electron chi connectivity index (χ0n) is 6.70. The number of carbonyl (C=O) groups is 1. The van der Waals surface area contributed by atoms with Crippen molar-refractivity contribution >= 4 is 12.0 Å². The van der Waals surface area contributed by atoms with Gasteiger partial charge in [-0.15, -0.1) is 0 Å². The van der Waals surface area contributed by atoms with Crippen LogP contribution in [0.3, 0.4) is 0 Å². The van der Waals surface area contributed by atoms with Crippen molar-refractivity contribution < 1.29 is 14.4 Å². The number of hydrogen-bond donors (Lipinski definition) is 2. The molecule has 1 aromatic rings. The Labute approximate surface area is 74.5 Å². The van der Waals surface area contributed by atoms with E-state index in [1.165, 1.54) is 5.48 Å². The molecule has 2 N–H and O–H groups in total. The average Bonchev–Trinajstić information content (AvgIpc) is 2.18. The number of carbonyl (C=O) groups excluding carboxylic acids is 1. The van der Waals surface area contributed by atoms with Crippen LogP contribution in [0.4, 0.5) is 4.39 Å². The number of benzene rings is 1. The first-order chi connectivity index (χ1) is 6.24. The standard InChI is InChI=1S/C9H8FNO2/c10-8(9(12)11-13)6-7-4-2-1-3-5-7/h1-6,13H,(H,11,12). The third-order valence-corrected chi connectivity index (χ3v) is 1.41. The van der Waals surface area contributed by atoms with Gasteiger partial charge in [-0.05, 0) is 11.6 Å². The number of hydroxylamine groups is 1. The molecular formula is C9H8FNO2. The maximum Gasteiger partial charge on any atom is 0.303 e. The molecule has 1 amide bonds. The number of amides is 1. The van der Waals surface area contributed by atoms with Gasteiger partial charge in [0.05, 0.1) is 0 Å². The summed E-state index contributed by atoms with van der Waals surface area (Å²) < 4.78 is 12.8. The molecule has 0 saturated heterocycles. The zero-order valence-corrected chi connectivity index (χ0v) is 6.70. The highest BCUT2D eigenvalue weighted by Crippen LogP contribution is 2.06. The minimum absolute atomic E-state index is 0.559. The Morgan fingerprint density at radius 2 is 2.00 bits per heavy atom. The Balaban J connectivity index is 2.83. The molecule has 0 spiro atoms. The number of hydrogen-bond acceptors (Lipinski definition) is 2. The molecule has 0 aromatic heterocycles. The summed E-state index contributed by atoms with van der Waals surface area (Å²) in [5.41, 5.74) is 1.76. The van der Waals surface area contributed by atoms with Crippen LogP contribution in [0.2, 0.25) is 0 Å². The van der Waals surface area contributed by atoms with Gasteiger partial charge in [-0.1, -0.05) is 30.3 Å². The van der Waals surface area contributed by atoms with E-state index in [4.69, 9.17) is 5.21 Å². The van der Waals surface area contributed by atoms with E-state index in [0.29, 0.717) is 5.56 Å². The summed E-state index contributed by atoms with van der Waals surface area (Å²) in [5, 5.41) is 8.10. The smallest absolute Gasteiger partial charge is 0.288 e. The Kier molecular flexibility index (Phi) is 3.16. The molecule has 13 heavy (non-hydrogen) atoms. The first-order valence-electron chi connectivity index (χ1n) is 3.60. The lowest BCUT2D eigenvalue weighted by molar-refractivity contribution is -0.126. The van der Waals surface area contributed by atoms with Crippen molar-refractivity contribution in [3.8, 4) is 0 Å². The number of rotatable bonds is 2. The summed E-state index contributed by atoms with van der Waals surface area (Å²) in [6.45, 7) is 0. The van der Waals surface area contributed by atoms with E-state index in [1.54, 1.807) is 30.3 Å². The van der Waals surface area contributed by atoms with E-state index in [1.807, 2.05) is 0 Å². The largest absolute Gasteiger partial charge is 0.303 e. The second kappa shape index (κ2) is 4.37. The fourth-order valence-electron chi connectivity index (χ4n) is 0.815. The van der Waals surface area contributed by atoms with Gasteiger partial charge >= 0.3 is 5.91 Å². The maximum atomic E-state index is 12.8. The molecule has 0 unspecified atom stereocenters. The SMILES string of the molecule is O=C(NO)C(F)=Cc1ccccc1. The molecule has 0 bridgehead atoms. The van der Waals surface area contributed by atoms with Gasteiger partial charge in [0.25, 0.3) is 0 Å². The molecule has 0 radical (unpaired) electrons. The van der Waals surface area contributed by atoms with Crippen LogP contribution in [0.5, 0.6) is 0 Å². The van der Waals surface area contributed by atoms with E-state index in [0.717, 1.165) is 6.08 Å². The van der Waals surface area contributed by atoms with Gasteiger partial charge in [-0.3, -0.25) is 10.0 Å². The molecule has 0 aliphatic carbocycles. The van der Waals surface area contributed by atoms with Crippen LogP contribution in [-0.2, 0) is 4.79 Å². The Hall–Kier alpha value is -1.68. The molecule has 1 aromatic carbocycles. The molecule has 0 fully saturated rings. The van der Waals surface area contributed by atoms with E-state index < -0.39 is 11.7 Å². The van der Waals surface area contributed by atoms with Gasteiger partial charge in [-0.25, -0.2) is 9.87 Å². The lowest BCUT2D eigenvalue weighted by Crippen LogP contribution is -2.18. The van der Waals surface area contributed by atoms with E-state index in [2.05, 4.69) is 0 Å². The van der Waals surface area contributed by atoms with Crippen molar-refractivity contribution in [1.82, 2.24) is 5.48 Å². The summed E-state index contributed by atoms with van der Waals surface area (Å²) >= 11 is 0. The molecule has 0 aliphatic rings. The molecule has 0 aliphatic heterocycles. The van der Waals surface area contributed by atoms with Crippen LogP contribution in [-0.4, -0.2) is 11.1 Å². The van der Waals surface area contributed by atoms with Gasteiger partial charge in [0.1, 0.15) is 0 Å². The maximum absolute atomic E-state index is 12.8. The van der Waals surface area contributed by atoms with Crippen LogP contribution in [0.25, 0.3) is 6.08 Å². The second-order valence-corrected chi connectivity index (χ2v) is 2.34. The summed E-state index contributed by atoms with van der Waals surface area (Å²) in [7, 11) is 0. The first-order valence-corrected chi connectivity index (χ1v) is 3.60. The molecule has 3 nitrogen and oxygen atoms in total.